The van der Waals surface area contributed by atoms with E-state index in [1.54, 1.807) is 17.8 Å². The van der Waals surface area contributed by atoms with Gasteiger partial charge in [-0.2, -0.15) is 0 Å². The van der Waals surface area contributed by atoms with Gasteiger partial charge in [0, 0.05) is 48.0 Å². The molecule has 3 heterocycles. The maximum atomic E-state index is 14.3. The van der Waals surface area contributed by atoms with Gasteiger partial charge in [-0.25, -0.2) is 9.87 Å². The van der Waals surface area contributed by atoms with Crippen LogP contribution in [-0.4, -0.2) is 44.7 Å². The second-order valence-electron chi connectivity index (χ2n) is 7.79. The smallest absolute Gasteiger partial charge is 0.267 e. The number of halogens is 1. The molecule has 2 aromatic heterocycles. The van der Waals surface area contributed by atoms with Gasteiger partial charge in [0.2, 0.25) is 0 Å². The number of aromatic amines is 1. The van der Waals surface area contributed by atoms with Gasteiger partial charge in [-0.1, -0.05) is 24.3 Å². The lowest BCUT2D eigenvalue weighted by Gasteiger charge is -2.24. The molecule has 2 atom stereocenters. The van der Waals surface area contributed by atoms with E-state index >= 15 is 0 Å². The number of H-pyrrole nitrogens is 1. The van der Waals surface area contributed by atoms with Crippen LogP contribution in [-0.2, 0) is 17.8 Å². The molecule has 0 aliphatic carbocycles. The summed E-state index contributed by atoms with van der Waals surface area (Å²) in [6, 6.07) is 12.1. The zero-order valence-electron chi connectivity index (χ0n) is 16.8. The van der Waals surface area contributed by atoms with Crippen molar-refractivity contribution in [2.45, 2.75) is 38.5 Å². The molecule has 0 unspecified atom stereocenters. The number of rotatable bonds is 6. The van der Waals surface area contributed by atoms with Crippen molar-refractivity contribution in [3.8, 4) is 0 Å². The number of carbonyl (C=O) groups is 1. The van der Waals surface area contributed by atoms with Crippen LogP contribution in [0, 0.1) is 6.92 Å². The molecule has 1 fully saturated rings. The number of hydrogen-bond acceptors (Lipinski definition) is 4. The van der Waals surface area contributed by atoms with Crippen LogP contribution in [0.5, 0.6) is 0 Å². The Kier molecular flexibility index (Phi) is 5.92. The number of benzene rings is 1. The van der Waals surface area contributed by atoms with Crippen molar-refractivity contribution >= 4 is 22.9 Å². The third-order valence-corrected chi connectivity index (χ3v) is 5.69. The van der Waals surface area contributed by atoms with E-state index in [9.17, 15) is 9.18 Å². The van der Waals surface area contributed by atoms with E-state index in [-0.39, 0.29) is 6.04 Å². The van der Waals surface area contributed by atoms with Gasteiger partial charge < -0.3 is 4.98 Å². The molecule has 1 aliphatic heterocycles. The summed E-state index contributed by atoms with van der Waals surface area (Å²) in [4.78, 5) is 21.1. The highest BCUT2D eigenvalue weighted by Crippen LogP contribution is 2.30. The Hall–Kier alpha value is -3.03. The van der Waals surface area contributed by atoms with Gasteiger partial charge in [0.25, 0.3) is 5.91 Å². The number of amides is 1. The van der Waals surface area contributed by atoms with Crippen molar-refractivity contribution in [3.63, 3.8) is 0 Å². The predicted octanol–water partition coefficient (Wildman–Crippen LogP) is 3.55. The Labute approximate surface area is 174 Å². The second-order valence-corrected chi connectivity index (χ2v) is 7.79. The van der Waals surface area contributed by atoms with Crippen LogP contribution in [0.3, 0.4) is 0 Å². The molecule has 1 amide bonds. The summed E-state index contributed by atoms with van der Waals surface area (Å²) in [6.07, 6.45) is 4.95. The van der Waals surface area contributed by atoms with Crippen LogP contribution >= 0.6 is 0 Å². The second kappa shape index (κ2) is 8.77. The minimum Gasteiger partial charge on any atom is -0.358 e. The molecule has 1 aromatic carbocycles. The number of fused-ring (bicyclic) bond motifs is 1. The Morgan fingerprint density at radius 1 is 1.37 bits per heavy atom. The summed E-state index contributed by atoms with van der Waals surface area (Å²) < 4.78 is 14.3. The topological polar surface area (TPSA) is 81.2 Å². The first kappa shape index (κ1) is 20.3. The number of carbonyl (C=O) groups excluding carboxylic acids is 1. The predicted molar refractivity (Wildman–Crippen MR) is 114 cm³/mol. The molecule has 0 saturated carbocycles. The lowest BCUT2D eigenvalue weighted by molar-refractivity contribution is -0.124. The zero-order valence-corrected chi connectivity index (χ0v) is 16.8. The molecule has 7 heteroatoms. The number of para-hydroxylation sites is 1. The number of alkyl halides is 1. The fraction of sp³-hybridized carbons (Fsp3) is 0.304. The normalized spacial score (nSPS) is 19.7. The Morgan fingerprint density at radius 2 is 2.20 bits per heavy atom. The molecule has 0 spiro atoms. The van der Waals surface area contributed by atoms with Gasteiger partial charge in [-0.05, 0) is 49.1 Å². The fourth-order valence-corrected chi connectivity index (χ4v) is 4.21. The average molecular weight is 408 g/mol. The largest absolute Gasteiger partial charge is 0.358 e. The highest BCUT2D eigenvalue weighted by molar-refractivity contribution is 5.90. The molecule has 156 valence electrons. The minimum absolute atomic E-state index is 0.118. The zero-order chi connectivity index (χ0) is 21.1. The molecule has 3 aromatic rings. The number of nitrogens with zero attached hydrogens (tertiary/aromatic N) is 2. The molecule has 30 heavy (non-hydrogen) atoms. The number of hydrogen-bond donors (Lipinski definition) is 3. The van der Waals surface area contributed by atoms with E-state index in [4.69, 9.17) is 5.21 Å². The maximum Gasteiger partial charge on any atom is 0.267 e. The summed E-state index contributed by atoms with van der Waals surface area (Å²) in [6.45, 7) is 3.06. The van der Waals surface area contributed by atoms with Crippen molar-refractivity contribution in [1.29, 1.82) is 0 Å². The molecule has 1 saturated heterocycles. The van der Waals surface area contributed by atoms with Crippen molar-refractivity contribution < 1.29 is 14.4 Å². The van der Waals surface area contributed by atoms with Gasteiger partial charge in [-0.3, -0.25) is 19.9 Å². The summed E-state index contributed by atoms with van der Waals surface area (Å²) in [7, 11) is 0. The number of aryl methyl sites for hydroxylation is 1. The van der Waals surface area contributed by atoms with Gasteiger partial charge in [0.1, 0.15) is 6.17 Å². The first-order chi connectivity index (χ1) is 14.5. The molecular weight excluding hydrogens is 383 g/mol. The number of pyridine rings is 1. The monoisotopic (exact) mass is 408 g/mol. The summed E-state index contributed by atoms with van der Waals surface area (Å²) in [5.41, 5.74) is 6.66. The van der Waals surface area contributed by atoms with Crippen LogP contribution in [0.25, 0.3) is 17.0 Å². The van der Waals surface area contributed by atoms with Gasteiger partial charge in [0.05, 0.1) is 5.69 Å². The summed E-state index contributed by atoms with van der Waals surface area (Å²) >= 11 is 0. The lowest BCUT2D eigenvalue weighted by Crippen LogP contribution is -2.31. The third-order valence-electron chi connectivity index (χ3n) is 5.69. The third kappa shape index (κ3) is 4.42. The van der Waals surface area contributed by atoms with Crippen molar-refractivity contribution in [2.75, 3.05) is 6.54 Å². The summed E-state index contributed by atoms with van der Waals surface area (Å²) in [5, 5.41) is 9.73. The Balaban J connectivity index is 1.47. The number of likely N-dealkylation sites (tertiary alicyclic amines) is 1. The number of nitrogens with one attached hydrogen (secondary N) is 2. The molecule has 3 N–H and O–H groups in total. The molecule has 4 rings (SSSR count). The highest BCUT2D eigenvalue weighted by Gasteiger charge is 2.33. The van der Waals surface area contributed by atoms with Crippen LogP contribution < -0.4 is 5.48 Å². The van der Waals surface area contributed by atoms with E-state index in [0.29, 0.717) is 19.5 Å². The van der Waals surface area contributed by atoms with Gasteiger partial charge in [-0.15, -0.1) is 0 Å². The van der Waals surface area contributed by atoms with Crippen molar-refractivity contribution in [1.82, 2.24) is 20.3 Å². The van der Waals surface area contributed by atoms with Crippen LogP contribution in [0.15, 0.2) is 48.7 Å². The first-order valence-corrected chi connectivity index (χ1v) is 10.0. The highest BCUT2D eigenvalue weighted by atomic mass is 19.1. The number of hydroxylamine groups is 1. The quantitative estimate of drug-likeness (QED) is 0.331. The minimum atomic E-state index is -0.834. The van der Waals surface area contributed by atoms with E-state index in [2.05, 4.69) is 33.9 Å². The van der Waals surface area contributed by atoms with Crippen LogP contribution in [0.1, 0.15) is 28.9 Å². The van der Waals surface area contributed by atoms with E-state index < -0.39 is 12.1 Å². The lowest BCUT2D eigenvalue weighted by atomic mass is 10.0. The van der Waals surface area contributed by atoms with E-state index in [1.165, 1.54) is 17.0 Å². The number of aromatic nitrogens is 2. The average Bonchev–Trinajstić information content (AvgIpc) is 3.26. The Bertz CT molecular complexity index is 1060. The van der Waals surface area contributed by atoms with E-state index in [0.717, 1.165) is 28.9 Å². The molecule has 0 radical (unpaired) electrons. The maximum absolute atomic E-state index is 14.3. The molecule has 6 nitrogen and oxygen atoms in total. The molecule has 0 bridgehead atoms. The van der Waals surface area contributed by atoms with Crippen molar-refractivity contribution in [3.05, 3.63) is 71.2 Å². The van der Waals surface area contributed by atoms with E-state index in [1.807, 2.05) is 24.3 Å². The standard InChI is InChI=1S/C23H25FN4O2/c1-15-21(20-4-2-3-5-22(20)26-15)11-19-10-17(24)13-28(19)14-18-8-6-16(12-25-18)7-9-23(29)27-30/h2-9,12,17,19,26,30H,10-11,13-14H2,1H3,(H,27,29)/b9-7+/t17-,19-/m1/s1. The fourth-order valence-electron chi connectivity index (χ4n) is 4.21. The summed E-state index contributed by atoms with van der Waals surface area (Å²) in [5.74, 6) is -0.597. The SMILES string of the molecule is Cc1[nH]c2ccccc2c1C[C@H]1C[C@@H](F)CN1Cc1ccc(/C=C/C(=O)NO)cn1. The molecule has 1 aliphatic rings. The Morgan fingerprint density at radius 3 is 2.97 bits per heavy atom. The van der Waals surface area contributed by atoms with Crippen LogP contribution in [0.4, 0.5) is 4.39 Å². The first-order valence-electron chi connectivity index (χ1n) is 10.0. The van der Waals surface area contributed by atoms with Gasteiger partial charge in [0.15, 0.2) is 0 Å². The van der Waals surface area contributed by atoms with Gasteiger partial charge >= 0.3 is 0 Å². The molecular formula is C23H25FN4O2. The van der Waals surface area contributed by atoms with Crippen molar-refractivity contribution in [2.24, 2.45) is 0 Å². The van der Waals surface area contributed by atoms with Crippen LogP contribution in [0.2, 0.25) is 0 Å².